The fraction of sp³-hybridized carbons (Fsp3) is 0.308. The average Bonchev–Trinajstić information content (AvgIpc) is 2.81. The molecule has 1 aromatic carbocycles. The van der Waals surface area contributed by atoms with Gasteiger partial charge in [0.1, 0.15) is 5.75 Å². The Hall–Kier alpha value is -1.77. The summed E-state index contributed by atoms with van der Waals surface area (Å²) in [6.45, 7) is 0.963. The third-order valence-corrected chi connectivity index (χ3v) is 2.65. The molecule has 0 bridgehead atoms. The fourth-order valence-electron chi connectivity index (χ4n) is 1.82. The zero-order chi connectivity index (χ0) is 11.4. The number of allylic oxidation sites excluding steroid dienone is 2. The Balaban J connectivity index is 2.23. The Morgan fingerprint density at radius 3 is 2.94 bits per heavy atom. The first kappa shape index (κ1) is 10.7. The highest BCUT2D eigenvalue weighted by Gasteiger charge is 2.12. The number of benzene rings is 1. The van der Waals surface area contributed by atoms with E-state index in [1.54, 1.807) is 25.3 Å². The lowest BCUT2D eigenvalue weighted by Gasteiger charge is -2.05. The van der Waals surface area contributed by atoms with Crippen molar-refractivity contribution in [3.63, 3.8) is 0 Å². The van der Waals surface area contributed by atoms with Crippen LogP contribution in [0.2, 0.25) is 0 Å². The summed E-state index contributed by atoms with van der Waals surface area (Å²) in [5, 5.41) is 3.19. The molecular weight excluding hydrogens is 202 g/mol. The molecule has 3 heteroatoms. The van der Waals surface area contributed by atoms with Gasteiger partial charge in [-0.15, -0.1) is 0 Å². The molecule has 0 unspecified atom stereocenters. The van der Waals surface area contributed by atoms with Gasteiger partial charge in [-0.25, -0.2) is 0 Å². The van der Waals surface area contributed by atoms with E-state index in [0.717, 1.165) is 25.1 Å². The molecule has 84 valence electrons. The van der Waals surface area contributed by atoms with Gasteiger partial charge in [0.25, 0.3) is 0 Å². The molecule has 0 atom stereocenters. The van der Waals surface area contributed by atoms with Crippen molar-refractivity contribution in [2.45, 2.75) is 12.8 Å². The number of ether oxygens (including phenoxy) is 1. The highest BCUT2D eigenvalue weighted by Crippen LogP contribution is 2.19. The summed E-state index contributed by atoms with van der Waals surface area (Å²) < 4.78 is 5.16. The van der Waals surface area contributed by atoms with E-state index >= 15 is 0 Å². The van der Waals surface area contributed by atoms with Gasteiger partial charge in [-0.1, -0.05) is 12.1 Å². The summed E-state index contributed by atoms with van der Waals surface area (Å²) in [5.74, 6) is 0.629. The number of hydrogen-bond acceptors (Lipinski definition) is 3. The largest absolute Gasteiger partial charge is 0.496 e. The van der Waals surface area contributed by atoms with Crippen molar-refractivity contribution >= 4 is 5.78 Å². The topological polar surface area (TPSA) is 38.3 Å². The van der Waals surface area contributed by atoms with Crippen molar-refractivity contribution in [3.05, 3.63) is 41.6 Å². The molecule has 0 spiro atoms. The van der Waals surface area contributed by atoms with Crippen LogP contribution in [0.1, 0.15) is 23.2 Å². The lowest BCUT2D eigenvalue weighted by atomic mass is 10.1. The van der Waals surface area contributed by atoms with E-state index in [9.17, 15) is 4.79 Å². The molecule has 3 nitrogen and oxygen atoms in total. The predicted molar refractivity (Wildman–Crippen MR) is 62.6 cm³/mol. The minimum Gasteiger partial charge on any atom is -0.496 e. The van der Waals surface area contributed by atoms with Crippen LogP contribution in [0, 0.1) is 0 Å². The van der Waals surface area contributed by atoms with Gasteiger partial charge in [0.05, 0.1) is 12.7 Å². The second-order valence-electron chi connectivity index (χ2n) is 3.76. The third kappa shape index (κ3) is 2.24. The SMILES string of the molecule is COc1ccccc1C(=O)C=C1CCCN1. The lowest BCUT2D eigenvalue weighted by molar-refractivity contribution is 0.104. The number of carbonyl (C=O) groups is 1. The number of carbonyl (C=O) groups excluding carboxylic acids is 1. The predicted octanol–water partition coefficient (Wildman–Crippen LogP) is 2.15. The molecule has 1 saturated heterocycles. The molecule has 1 N–H and O–H groups in total. The third-order valence-electron chi connectivity index (χ3n) is 2.65. The summed E-state index contributed by atoms with van der Waals surface area (Å²) >= 11 is 0. The van der Waals surface area contributed by atoms with E-state index in [2.05, 4.69) is 5.32 Å². The Labute approximate surface area is 95.1 Å². The first-order chi connectivity index (χ1) is 7.81. The van der Waals surface area contributed by atoms with E-state index in [4.69, 9.17) is 4.74 Å². The van der Waals surface area contributed by atoms with Crippen LogP contribution in [0.25, 0.3) is 0 Å². The highest BCUT2D eigenvalue weighted by molar-refractivity contribution is 6.06. The number of para-hydroxylation sites is 1. The highest BCUT2D eigenvalue weighted by atomic mass is 16.5. The van der Waals surface area contributed by atoms with Gasteiger partial charge < -0.3 is 10.1 Å². The molecule has 0 aromatic heterocycles. The maximum absolute atomic E-state index is 12.0. The van der Waals surface area contributed by atoms with Gasteiger partial charge in [-0.3, -0.25) is 4.79 Å². The van der Waals surface area contributed by atoms with Crippen molar-refractivity contribution in [2.24, 2.45) is 0 Å². The quantitative estimate of drug-likeness (QED) is 0.622. The number of ketones is 1. The van der Waals surface area contributed by atoms with Gasteiger partial charge >= 0.3 is 0 Å². The van der Waals surface area contributed by atoms with Crippen LogP contribution >= 0.6 is 0 Å². The number of hydrogen-bond donors (Lipinski definition) is 1. The molecule has 0 saturated carbocycles. The van der Waals surface area contributed by atoms with Crippen LogP contribution in [-0.2, 0) is 0 Å². The zero-order valence-electron chi connectivity index (χ0n) is 9.32. The Morgan fingerprint density at radius 1 is 1.44 bits per heavy atom. The van der Waals surface area contributed by atoms with Crippen LogP contribution in [0.15, 0.2) is 36.0 Å². The van der Waals surface area contributed by atoms with Crippen molar-refractivity contribution in [3.8, 4) is 5.75 Å². The normalized spacial score (nSPS) is 17.2. The van der Waals surface area contributed by atoms with Crippen molar-refractivity contribution < 1.29 is 9.53 Å². The first-order valence-corrected chi connectivity index (χ1v) is 5.43. The van der Waals surface area contributed by atoms with E-state index in [1.165, 1.54) is 0 Å². The minimum atomic E-state index is 0.00171. The first-order valence-electron chi connectivity index (χ1n) is 5.43. The Bertz CT molecular complexity index is 416. The maximum Gasteiger partial charge on any atom is 0.191 e. The van der Waals surface area contributed by atoms with Gasteiger partial charge in [-0.05, 0) is 25.0 Å². The summed E-state index contributed by atoms with van der Waals surface area (Å²) in [7, 11) is 1.58. The molecule has 1 aliphatic rings. The lowest BCUT2D eigenvalue weighted by Crippen LogP contribution is -2.07. The maximum atomic E-state index is 12.0. The molecule has 1 heterocycles. The Kier molecular flexibility index (Phi) is 3.25. The smallest absolute Gasteiger partial charge is 0.191 e. The van der Waals surface area contributed by atoms with E-state index in [-0.39, 0.29) is 5.78 Å². The average molecular weight is 217 g/mol. The van der Waals surface area contributed by atoms with Crippen LogP contribution in [0.5, 0.6) is 5.75 Å². The van der Waals surface area contributed by atoms with Crippen molar-refractivity contribution in [1.82, 2.24) is 5.32 Å². The molecule has 1 fully saturated rings. The van der Waals surface area contributed by atoms with E-state index < -0.39 is 0 Å². The monoisotopic (exact) mass is 217 g/mol. The van der Waals surface area contributed by atoms with Crippen LogP contribution in [-0.4, -0.2) is 19.4 Å². The molecule has 1 aromatic rings. The molecule has 2 rings (SSSR count). The van der Waals surface area contributed by atoms with E-state index in [1.807, 2.05) is 12.1 Å². The summed E-state index contributed by atoms with van der Waals surface area (Å²) in [6.07, 6.45) is 3.73. The van der Waals surface area contributed by atoms with Crippen molar-refractivity contribution in [2.75, 3.05) is 13.7 Å². The van der Waals surface area contributed by atoms with Crippen molar-refractivity contribution in [1.29, 1.82) is 0 Å². The van der Waals surface area contributed by atoms with Gasteiger partial charge in [0.2, 0.25) is 0 Å². The molecule has 0 aliphatic carbocycles. The second-order valence-corrected chi connectivity index (χ2v) is 3.76. The molecule has 0 amide bonds. The molecule has 1 aliphatic heterocycles. The van der Waals surface area contributed by atoms with Gasteiger partial charge in [-0.2, -0.15) is 0 Å². The van der Waals surface area contributed by atoms with Crippen LogP contribution < -0.4 is 10.1 Å². The fourth-order valence-corrected chi connectivity index (χ4v) is 1.82. The second kappa shape index (κ2) is 4.84. The molecular formula is C13H15NO2. The standard InChI is InChI=1S/C13H15NO2/c1-16-13-7-3-2-6-11(13)12(15)9-10-5-4-8-14-10/h2-3,6-7,9,14H,4-5,8H2,1H3. The summed E-state index contributed by atoms with van der Waals surface area (Å²) in [5.41, 5.74) is 1.64. The molecule has 16 heavy (non-hydrogen) atoms. The van der Waals surface area contributed by atoms with Gasteiger partial charge in [0, 0.05) is 18.3 Å². The number of rotatable bonds is 3. The van der Waals surface area contributed by atoms with E-state index in [0.29, 0.717) is 11.3 Å². The zero-order valence-corrected chi connectivity index (χ0v) is 9.32. The van der Waals surface area contributed by atoms with Crippen LogP contribution in [0.3, 0.4) is 0 Å². The van der Waals surface area contributed by atoms with Gasteiger partial charge in [0.15, 0.2) is 5.78 Å². The molecule has 0 radical (unpaired) electrons. The summed E-state index contributed by atoms with van der Waals surface area (Å²) in [4.78, 5) is 12.0. The number of methoxy groups -OCH3 is 1. The summed E-state index contributed by atoms with van der Waals surface area (Å²) in [6, 6.07) is 7.29. The number of nitrogens with one attached hydrogen (secondary N) is 1. The Morgan fingerprint density at radius 2 is 2.25 bits per heavy atom. The van der Waals surface area contributed by atoms with Crippen LogP contribution in [0.4, 0.5) is 0 Å². The minimum absolute atomic E-state index is 0.00171.